The minimum Gasteiger partial charge on any atom is -0.462 e. The summed E-state index contributed by atoms with van der Waals surface area (Å²) in [6.45, 7) is 14.6. The van der Waals surface area contributed by atoms with Gasteiger partial charge in [-0.3, -0.25) is 9.59 Å². The highest BCUT2D eigenvalue weighted by Gasteiger charge is 2.60. The minimum atomic E-state index is -0.147. The molecule has 0 radical (unpaired) electrons. The summed E-state index contributed by atoms with van der Waals surface area (Å²) >= 11 is 0. The number of ether oxygens (including phenoxy) is 1. The number of rotatable bonds is 5. The van der Waals surface area contributed by atoms with E-state index in [1.165, 1.54) is 39.0 Å². The van der Waals surface area contributed by atoms with E-state index in [4.69, 9.17) is 4.74 Å². The molecule has 8 atom stereocenters. The predicted molar refractivity (Wildman–Crippen MR) is 128 cm³/mol. The molecule has 1 unspecified atom stereocenters. The van der Waals surface area contributed by atoms with Crippen LogP contribution in [0.4, 0.5) is 0 Å². The Morgan fingerprint density at radius 2 is 1.81 bits per heavy atom. The van der Waals surface area contributed by atoms with Crippen molar-refractivity contribution in [3.63, 3.8) is 0 Å². The number of carbonyl (C=O) groups excluding carboxylic acids is 2. The van der Waals surface area contributed by atoms with E-state index < -0.39 is 0 Å². The zero-order valence-electron chi connectivity index (χ0n) is 21.3. The van der Waals surface area contributed by atoms with Crippen LogP contribution in [0.5, 0.6) is 0 Å². The van der Waals surface area contributed by atoms with E-state index in [0.29, 0.717) is 17.2 Å². The van der Waals surface area contributed by atoms with Gasteiger partial charge in [0.25, 0.3) is 0 Å². The van der Waals surface area contributed by atoms with Gasteiger partial charge in [0.15, 0.2) is 0 Å². The Balaban J connectivity index is 1.53. The first-order valence-corrected chi connectivity index (χ1v) is 13.3. The molecule has 4 heteroatoms. The van der Waals surface area contributed by atoms with Crippen LogP contribution in [-0.4, -0.2) is 36.0 Å². The van der Waals surface area contributed by atoms with E-state index >= 15 is 0 Å². The summed E-state index contributed by atoms with van der Waals surface area (Å²) in [5.41, 5.74) is 2.11. The summed E-state index contributed by atoms with van der Waals surface area (Å²) in [5.74, 6) is 3.08. The fraction of sp³-hybridized carbons (Fsp3) is 0.857. The molecule has 0 spiro atoms. The van der Waals surface area contributed by atoms with Gasteiger partial charge < -0.3 is 9.64 Å². The number of nitrogens with zero attached hydrogens (tertiary/aromatic N) is 1. The molecule has 4 nitrogen and oxygen atoms in total. The molecule has 0 heterocycles. The second kappa shape index (κ2) is 8.80. The number of hydrogen-bond acceptors (Lipinski definition) is 3. The third-order valence-corrected chi connectivity index (χ3v) is 10.5. The Bertz CT molecular complexity index is 771. The van der Waals surface area contributed by atoms with Gasteiger partial charge in [0.05, 0.1) is 0 Å². The molecule has 32 heavy (non-hydrogen) atoms. The number of carbonyl (C=O) groups is 2. The molecule has 0 bridgehead atoms. The van der Waals surface area contributed by atoms with Crippen molar-refractivity contribution >= 4 is 11.9 Å². The maximum atomic E-state index is 13.2. The molecule has 3 fully saturated rings. The van der Waals surface area contributed by atoms with E-state index in [0.717, 1.165) is 50.1 Å². The molecule has 0 aromatic heterocycles. The standard InChI is InChI=1S/C28H45NO3/c1-7-29(8-2)26(31)18(3)23-11-12-24-22-10-9-20-17-21(32-19(4)30)13-15-27(20,5)25(22)14-16-28(23,24)6/h9,18,21-25H,7-8,10-17H2,1-6H3/t18?,21-,22-,23+,24-,25-,27-,28+/m0/s1. The van der Waals surface area contributed by atoms with E-state index in [2.05, 4.69) is 40.7 Å². The highest BCUT2D eigenvalue weighted by molar-refractivity contribution is 5.79. The summed E-state index contributed by atoms with van der Waals surface area (Å²) in [5, 5.41) is 0. The van der Waals surface area contributed by atoms with E-state index in [9.17, 15) is 9.59 Å². The van der Waals surface area contributed by atoms with Gasteiger partial charge in [-0.1, -0.05) is 32.4 Å². The second-order valence-corrected chi connectivity index (χ2v) is 11.8. The SMILES string of the molecule is CCN(CC)C(=O)C(C)[C@H]1CC[C@H]2[C@@H]3CC=C4C[C@@H](OC(C)=O)CC[C@]4(C)[C@H]3CC[C@]12C. The van der Waals surface area contributed by atoms with Crippen LogP contribution in [0.2, 0.25) is 0 Å². The minimum absolute atomic E-state index is 0.0695. The van der Waals surface area contributed by atoms with Crippen molar-refractivity contribution in [2.75, 3.05) is 13.1 Å². The normalized spacial score (nSPS) is 41.6. The highest BCUT2D eigenvalue weighted by Crippen LogP contribution is 2.67. The molecule has 1 amide bonds. The highest BCUT2D eigenvalue weighted by atomic mass is 16.5. The van der Waals surface area contributed by atoms with Gasteiger partial charge in [0, 0.05) is 32.4 Å². The van der Waals surface area contributed by atoms with Crippen molar-refractivity contribution < 1.29 is 14.3 Å². The monoisotopic (exact) mass is 443 g/mol. The summed E-state index contributed by atoms with van der Waals surface area (Å²) in [4.78, 5) is 26.7. The molecule has 4 rings (SSSR count). The molecule has 4 aliphatic carbocycles. The van der Waals surface area contributed by atoms with Gasteiger partial charge in [0.1, 0.15) is 6.10 Å². The Morgan fingerprint density at radius 3 is 2.47 bits per heavy atom. The molecule has 0 N–H and O–H groups in total. The molecule has 0 saturated heterocycles. The van der Waals surface area contributed by atoms with Crippen molar-refractivity contribution in [2.45, 2.75) is 99.0 Å². The third kappa shape index (κ3) is 3.74. The molecule has 4 aliphatic rings. The topological polar surface area (TPSA) is 46.6 Å². The van der Waals surface area contributed by atoms with Crippen molar-refractivity contribution in [1.82, 2.24) is 4.90 Å². The molecule has 0 aromatic rings. The van der Waals surface area contributed by atoms with Gasteiger partial charge in [0.2, 0.25) is 5.91 Å². The Hall–Kier alpha value is -1.32. The maximum Gasteiger partial charge on any atom is 0.302 e. The van der Waals surface area contributed by atoms with Gasteiger partial charge in [-0.05, 0) is 93.3 Å². The number of esters is 1. The van der Waals surface area contributed by atoms with Gasteiger partial charge in [-0.2, -0.15) is 0 Å². The van der Waals surface area contributed by atoms with Crippen LogP contribution in [0.15, 0.2) is 11.6 Å². The lowest BCUT2D eigenvalue weighted by atomic mass is 9.47. The van der Waals surface area contributed by atoms with Crippen LogP contribution in [-0.2, 0) is 14.3 Å². The van der Waals surface area contributed by atoms with Crippen molar-refractivity contribution in [1.29, 1.82) is 0 Å². The van der Waals surface area contributed by atoms with Gasteiger partial charge in [-0.15, -0.1) is 0 Å². The first kappa shape index (κ1) is 23.8. The fourth-order valence-corrected chi connectivity index (χ4v) is 8.82. The van der Waals surface area contributed by atoms with E-state index in [1.54, 1.807) is 5.57 Å². The van der Waals surface area contributed by atoms with Crippen molar-refractivity contribution in [3.05, 3.63) is 11.6 Å². The molecule has 3 saturated carbocycles. The lowest BCUT2D eigenvalue weighted by Gasteiger charge is -2.58. The van der Waals surface area contributed by atoms with E-state index in [1.807, 2.05) is 4.90 Å². The van der Waals surface area contributed by atoms with Crippen LogP contribution in [0.3, 0.4) is 0 Å². The number of fused-ring (bicyclic) bond motifs is 5. The van der Waals surface area contributed by atoms with E-state index in [-0.39, 0.29) is 23.4 Å². The van der Waals surface area contributed by atoms with Crippen molar-refractivity contribution in [3.8, 4) is 0 Å². The van der Waals surface area contributed by atoms with Gasteiger partial charge in [-0.25, -0.2) is 0 Å². The maximum absolute atomic E-state index is 13.2. The zero-order valence-corrected chi connectivity index (χ0v) is 21.3. The lowest BCUT2D eigenvalue weighted by Crippen LogP contribution is -2.51. The molecule has 180 valence electrons. The van der Waals surface area contributed by atoms with Crippen LogP contribution in [0.25, 0.3) is 0 Å². The summed E-state index contributed by atoms with van der Waals surface area (Å²) in [7, 11) is 0. The number of hydrogen-bond donors (Lipinski definition) is 0. The van der Waals surface area contributed by atoms with Crippen LogP contribution in [0, 0.1) is 40.4 Å². The number of allylic oxidation sites excluding steroid dienone is 1. The Labute approximate surface area is 195 Å². The van der Waals surface area contributed by atoms with Crippen LogP contribution >= 0.6 is 0 Å². The smallest absolute Gasteiger partial charge is 0.302 e. The summed E-state index contributed by atoms with van der Waals surface area (Å²) < 4.78 is 5.59. The fourth-order valence-electron chi connectivity index (χ4n) is 8.82. The first-order chi connectivity index (χ1) is 15.2. The largest absolute Gasteiger partial charge is 0.462 e. The molecule has 0 aliphatic heterocycles. The average molecular weight is 444 g/mol. The summed E-state index contributed by atoms with van der Waals surface area (Å²) in [6.07, 6.45) is 11.9. The lowest BCUT2D eigenvalue weighted by molar-refractivity contribution is -0.148. The predicted octanol–water partition coefficient (Wildman–Crippen LogP) is 6.00. The molecule has 0 aromatic carbocycles. The second-order valence-electron chi connectivity index (χ2n) is 11.8. The van der Waals surface area contributed by atoms with Gasteiger partial charge >= 0.3 is 5.97 Å². The Morgan fingerprint density at radius 1 is 1.09 bits per heavy atom. The van der Waals surface area contributed by atoms with Crippen LogP contribution in [0.1, 0.15) is 92.9 Å². The quantitative estimate of drug-likeness (QED) is 0.387. The molecular formula is C28H45NO3. The molecular weight excluding hydrogens is 398 g/mol. The summed E-state index contributed by atoms with van der Waals surface area (Å²) in [6, 6.07) is 0. The van der Waals surface area contributed by atoms with Crippen molar-refractivity contribution in [2.24, 2.45) is 40.4 Å². The Kier molecular flexibility index (Phi) is 6.55. The average Bonchev–Trinajstić information content (AvgIpc) is 3.11. The third-order valence-electron chi connectivity index (χ3n) is 10.5. The van der Waals surface area contributed by atoms with Crippen LogP contribution < -0.4 is 0 Å². The first-order valence-electron chi connectivity index (χ1n) is 13.3. The zero-order chi connectivity index (χ0) is 23.3. The number of amides is 1.